The topological polar surface area (TPSA) is 43.8 Å². The van der Waals surface area contributed by atoms with Crippen molar-refractivity contribution in [3.05, 3.63) is 35.4 Å². The summed E-state index contributed by atoms with van der Waals surface area (Å²) in [6.45, 7) is 10.1. The lowest BCUT2D eigenvalue weighted by molar-refractivity contribution is 0.0615. The molecule has 1 amide bonds. The van der Waals surface area contributed by atoms with Gasteiger partial charge in [0, 0.05) is 38.3 Å². The predicted octanol–water partition coefficient (Wildman–Crippen LogP) is 1.77. The molecule has 1 N–H and O–H groups in total. The van der Waals surface area contributed by atoms with Crippen molar-refractivity contribution in [2.45, 2.75) is 20.8 Å². The second-order valence-corrected chi connectivity index (χ2v) is 4.72. The molecule has 20 heavy (non-hydrogen) atoms. The SMILES string of the molecule is CC.Cc1ccc(C(=O)N2CCN(CCO)CC2)cc1. The van der Waals surface area contributed by atoms with Crippen LogP contribution in [0.4, 0.5) is 0 Å². The Morgan fingerprint density at radius 3 is 2.15 bits per heavy atom. The molecule has 0 radical (unpaired) electrons. The number of rotatable bonds is 3. The van der Waals surface area contributed by atoms with Gasteiger partial charge in [0.15, 0.2) is 0 Å². The highest BCUT2D eigenvalue weighted by Gasteiger charge is 2.21. The lowest BCUT2D eigenvalue weighted by atomic mass is 10.1. The number of hydrogen-bond acceptors (Lipinski definition) is 3. The fraction of sp³-hybridized carbons (Fsp3) is 0.562. The first kappa shape index (κ1) is 16.7. The van der Waals surface area contributed by atoms with Crippen molar-refractivity contribution in [1.29, 1.82) is 0 Å². The Bertz CT molecular complexity index is 395. The van der Waals surface area contributed by atoms with Crippen molar-refractivity contribution in [2.24, 2.45) is 0 Å². The highest BCUT2D eigenvalue weighted by Crippen LogP contribution is 2.09. The molecule has 0 saturated carbocycles. The Labute approximate surface area is 122 Å². The molecule has 1 heterocycles. The molecular formula is C16H26N2O2. The summed E-state index contributed by atoms with van der Waals surface area (Å²) < 4.78 is 0. The van der Waals surface area contributed by atoms with Crippen LogP contribution < -0.4 is 0 Å². The molecule has 0 spiro atoms. The van der Waals surface area contributed by atoms with Crippen LogP contribution in [-0.4, -0.2) is 60.1 Å². The van der Waals surface area contributed by atoms with Crippen LogP contribution >= 0.6 is 0 Å². The van der Waals surface area contributed by atoms with E-state index in [2.05, 4.69) is 4.90 Å². The van der Waals surface area contributed by atoms with Crippen molar-refractivity contribution in [3.63, 3.8) is 0 Å². The van der Waals surface area contributed by atoms with Crippen LogP contribution in [0.1, 0.15) is 29.8 Å². The molecule has 112 valence electrons. The van der Waals surface area contributed by atoms with Crippen LogP contribution in [0, 0.1) is 6.92 Å². The van der Waals surface area contributed by atoms with E-state index in [1.807, 2.05) is 49.9 Å². The summed E-state index contributed by atoms with van der Waals surface area (Å²) in [5.74, 6) is 0.110. The van der Waals surface area contributed by atoms with Crippen LogP contribution in [0.25, 0.3) is 0 Å². The number of aryl methyl sites for hydroxylation is 1. The summed E-state index contributed by atoms with van der Waals surface area (Å²) in [6.07, 6.45) is 0. The van der Waals surface area contributed by atoms with Gasteiger partial charge in [-0.3, -0.25) is 9.69 Å². The van der Waals surface area contributed by atoms with E-state index in [0.717, 1.165) is 31.7 Å². The zero-order valence-electron chi connectivity index (χ0n) is 12.8. The largest absolute Gasteiger partial charge is 0.395 e. The highest BCUT2D eigenvalue weighted by molar-refractivity contribution is 5.94. The van der Waals surface area contributed by atoms with Gasteiger partial charge in [-0.15, -0.1) is 0 Å². The second kappa shape index (κ2) is 8.72. The number of nitrogens with zero attached hydrogens (tertiary/aromatic N) is 2. The summed E-state index contributed by atoms with van der Waals surface area (Å²) in [5, 5.41) is 8.88. The molecule has 1 aromatic rings. The summed E-state index contributed by atoms with van der Waals surface area (Å²) in [6, 6.07) is 7.71. The first-order valence-electron chi connectivity index (χ1n) is 7.40. The second-order valence-electron chi connectivity index (χ2n) is 4.72. The van der Waals surface area contributed by atoms with E-state index in [4.69, 9.17) is 5.11 Å². The number of hydrogen-bond donors (Lipinski definition) is 1. The lowest BCUT2D eigenvalue weighted by Crippen LogP contribution is -2.49. The average molecular weight is 278 g/mol. The Morgan fingerprint density at radius 2 is 1.65 bits per heavy atom. The van der Waals surface area contributed by atoms with Gasteiger partial charge >= 0.3 is 0 Å². The van der Waals surface area contributed by atoms with Gasteiger partial charge in [-0.05, 0) is 19.1 Å². The minimum Gasteiger partial charge on any atom is -0.395 e. The van der Waals surface area contributed by atoms with Crippen molar-refractivity contribution < 1.29 is 9.90 Å². The smallest absolute Gasteiger partial charge is 0.253 e. The zero-order chi connectivity index (χ0) is 15.0. The molecule has 4 nitrogen and oxygen atoms in total. The molecule has 1 aliphatic heterocycles. The molecule has 1 aliphatic rings. The fourth-order valence-electron chi connectivity index (χ4n) is 2.19. The molecule has 0 atom stereocenters. The zero-order valence-corrected chi connectivity index (χ0v) is 12.8. The van der Waals surface area contributed by atoms with Gasteiger partial charge in [0.05, 0.1) is 6.61 Å². The van der Waals surface area contributed by atoms with Crippen LogP contribution in [0.3, 0.4) is 0 Å². The van der Waals surface area contributed by atoms with Crippen molar-refractivity contribution in [1.82, 2.24) is 9.80 Å². The highest BCUT2D eigenvalue weighted by atomic mass is 16.3. The van der Waals surface area contributed by atoms with Crippen LogP contribution in [0.15, 0.2) is 24.3 Å². The molecule has 0 aromatic heterocycles. The number of β-amino-alcohol motifs (C(OH)–C–C–N with tert-alkyl or cyclic N) is 1. The summed E-state index contributed by atoms with van der Waals surface area (Å²) >= 11 is 0. The van der Waals surface area contributed by atoms with Gasteiger partial charge < -0.3 is 10.0 Å². The van der Waals surface area contributed by atoms with Gasteiger partial charge in [-0.25, -0.2) is 0 Å². The standard InChI is InChI=1S/C14H20N2O2.C2H6/c1-12-2-4-13(5-3-12)14(18)16-8-6-15(7-9-16)10-11-17;1-2/h2-5,17H,6-11H2,1H3;1-2H3. The summed E-state index contributed by atoms with van der Waals surface area (Å²) in [4.78, 5) is 16.3. The Balaban J connectivity index is 0.000000956. The van der Waals surface area contributed by atoms with Crippen molar-refractivity contribution in [2.75, 3.05) is 39.3 Å². The third-order valence-corrected chi connectivity index (χ3v) is 3.37. The van der Waals surface area contributed by atoms with Crippen LogP contribution in [0.5, 0.6) is 0 Å². The fourth-order valence-corrected chi connectivity index (χ4v) is 2.19. The van der Waals surface area contributed by atoms with E-state index in [1.54, 1.807) is 0 Å². The van der Waals surface area contributed by atoms with Crippen molar-refractivity contribution in [3.8, 4) is 0 Å². The van der Waals surface area contributed by atoms with E-state index in [1.165, 1.54) is 5.56 Å². The molecule has 0 bridgehead atoms. The third-order valence-electron chi connectivity index (χ3n) is 3.37. The Morgan fingerprint density at radius 1 is 1.10 bits per heavy atom. The quantitative estimate of drug-likeness (QED) is 0.916. The average Bonchev–Trinajstić information content (AvgIpc) is 2.50. The number of aliphatic hydroxyl groups excluding tert-OH is 1. The maximum Gasteiger partial charge on any atom is 0.253 e. The number of carbonyl (C=O) groups is 1. The first-order chi connectivity index (χ1) is 9.70. The molecule has 4 heteroatoms. The van der Waals surface area contributed by atoms with E-state index >= 15 is 0 Å². The Kier molecular flexibility index (Phi) is 7.26. The summed E-state index contributed by atoms with van der Waals surface area (Å²) in [5.41, 5.74) is 1.93. The monoisotopic (exact) mass is 278 g/mol. The maximum absolute atomic E-state index is 12.2. The molecule has 0 aliphatic carbocycles. The minimum absolute atomic E-state index is 0.110. The minimum atomic E-state index is 0.110. The van der Waals surface area contributed by atoms with Gasteiger partial charge in [0.1, 0.15) is 0 Å². The maximum atomic E-state index is 12.2. The number of benzene rings is 1. The molecule has 1 saturated heterocycles. The molecule has 0 unspecified atom stereocenters. The Hall–Kier alpha value is -1.39. The van der Waals surface area contributed by atoms with Crippen molar-refractivity contribution >= 4 is 5.91 Å². The molecular weight excluding hydrogens is 252 g/mol. The van der Waals surface area contributed by atoms with E-state index in [0.29, 0.717) is 6.54 Å². The number of aliphatic hydroxyl groups is 1. The predicted molar refractivity (Wildman–Crippen MR) is 82.0 cm³/mol. The van der Waals surface area contributed by atoms with Gasteiger partial charge in [0.25, 0.3) is 5.91 Å². The number of carbonyl (C=O) groups excluding carboxylic acids is 1. The normalized spacial score (nSPS) is 15.5. The number of piperazine rings is 1. The third kappa shape index (κ3) is 4.62. The van der Waals surface area contributed by atoms with Gasteiger partial charge in [-0.2, -0.15) is 0 Å². The number of amides is 1. The van der Waals surface area contributed by atoms with Gasteiger partial charge in [0.2, 0.25) is 0 Å². The molecule has 2 rings (SSSR count). The molecule has 1 fully saturated rings. The van der Waals surface area contributed by atoms with E-state index in [9.17, 15) is 4.79 Å². The van der Waals surface area contributed by atoms with Crippen LogP contribution in [0.2, 0.25) is 0 Å². The molecule has 1 aromatic carbocycles. The van der Waals surface area contributed by atoms with Crippen LogP contribution in [-0.2, 0) is 0 Å². The van der Waals surface area contributed by atoms with Gasteiger partial charge in [-0.1, -0.05) is 31.5 Å². The lowest BCUT2D eigenvalue weighted by Gasteiger charge is -2.34. The van der Waals surface area contributed by atoms with E-state index < -0.39 is 0 Å². The summed E-state index contributed by atoms with van der Waals surface area (Å²) in [7, 11) is 0. The van der Waals surface area contributed by atoms with E-state index in [-0.39, 0.29) is 12.5 Å². The first-order valence-corrected chi connectivity index (χ1v) is 7.40.